The molecule has 1 saturated carbocycles. The van der Waals surface area contributed by atoms with Gasteiger partial charge in [-0.2, -0.15) is 0 Å². The van der Waals surface area contributed by atoms with Gasteiger partial charge in [-0.3, -0.25) is 9.59 Å². The third-order valence-corrected chi connectivity index (χ3v) is 8.58. The number of carbonyl (C=O) groups excluding carboxylic acids is 3. The maximum absolute atomic E-state index is 14.6. The lowest BCUT2D eigenvalue weighted by atomic mass is 9.88. The minimum absolute atomic E-state index is 0.0745. The number of nitrogens with zero attached hydrogens (tertiary/aromatic N) is 4. The highest BCUT2D eigenvalue weighted by atomic mass is 16.6. The summed E-state index contributed by atoms with van der Waals surface area (Å²) in [6.45, 7) is 9.35. The lowest BCUT2D eigenvalue weighted by Crippen LogP contribution is -2.58. The van der Waals surface area contributed by atoms with Gasteiger partial charge in [0.05, 0.1) is 24.1 Å². The van der Waals surface area contributed by atoms with Crippen molar-refractivity contribution in [1.29, 1.82) is 0 Å². The second kappa shape index (κ2) is 14.8. The number of aromatic nitrogens is 2. The first-order valence-electron chi connectivity index (χ1n) is 16.6. The van der Waals surface area contributed by atoms with E-state index >= 15 is 0 Å². The lowest BCUT2D eigenvalue weighted by molar-refractivity contribution is -0.116. The van der Waals surface area contributed by atoms with Gasteiger partial charge in [-0.25, -0.2) is 9.78 Å². The molecule has 9 nitrogen and oxygen atoms in total. The molecule has 2 aliphatic rings. The molecule has 0 unspecified atom stereocenters. The molecule has 9 heteroatoms. The van der Waals surface area contributed by atoms with Crippen LogP contribution in [0, 0.1) is 0 Å². The first-order valence-corrected chi connectivity index (χ1v) is 16.6. The molecule has 244 valence electrons. The summed E-state index contributed by atoms with van der Waals surface area (Å²) in [4.78, 5) is 48.8. The van der Waals surface area contributed by atoms with E-state index < -0.39 is 5.60 Å². The van der Waals surface area contributed by atoms with Crippen molar-refractivity contribution in [2.24, 2.45) is 0 Å². The van der Waals surface area contributed by atoms with Crippen molar-refractivity contribution in [3.63, 3.8) is 0 Å². The van der Waals surface area contributed by atoms with Gasteiger partial charge in [-0.05, 0) is 64.0 Å². The van der Waals surface area contributed by atoms with Crippen LogP contribution in [0.3, 0.4) is 0 Å². The topological polar surface area (TPSA) is 96.8 Å². The molecule has 2 atom stereocenters. The Hall–Kier alpha value is -4.40. The van der Waals surface area contributed by atoms with Crippen molar-refractivity contribution < 1.29 is 19.1 Å². The maximum atomic E-state index is 14.6. The van der Waals surface area contributed by atoms with Gasteiger partial charge in [0.2, 0.25) is 5.91 Å². The number of hydrogen-bond acceptors (Lipinski definition) is 5. The lowest BCUT2D eigenvalue weighted by Gasteiger charge is -2.41. The van der Waals surface area contributed by atoms with E-state index in [-0.39, 0.29) is 30.0 Å². The van der Waals surface area contributed by atoms with Crippen LogP contribution in [0.4, 0.5) is 4.79 Å². The number of allylic oxidation sites excluding steroid dienone is 1. The molecular formula is C37H47N5O4. The number of hydrogen-bond donors (Lipinski definition) is 1. The zero-order valence-corrected chi connectivity index (χ0v) is 27.6. The molecule has 0 spiro atoms. The number of ether oxygens (including phenoxy) is 1. The molecule has 1 aliphatic heterocycles. The maximum Gasteiger partial charge on any atom is 0.410 e. The smallest absolute Gasteiger partial charge is 0.410 e. The van der Waals surface area contributed by atoms with Crippen LogP contribution in [0.5, 0.6) is 0 Å². The second-order valence-corrected chi connectivity index (χ2v) is 13.3. The highest BCUT2D eigenvalue weighted by molar-refractivity contribution is 5.99. The third kappa shape index (κ3) is 8.05. The van der Waals surface area contributed by atoms with E-state index in [1.807, 2.05) is 93.3 Å². The molecule has 3 amide bonds. The van der Waals surface area contributed by atoms with Crippen LogP contribution in [0.1, 0.15) is 81.9 Å². The molecule has 0 radical (unpaired) electrons. The van der Waals surface area contributed by atoms with E-state index in [0.717, 1.165) is 54.5 Å². The Balaban J connectivity index is 1.50. The monoisotopic (exact) mass is 625 g/mol. The fraction of sp³-hybridized carbons (Fsp3) is 0.459. The van der Waals surface area contributed by atoms with Gasteiger partial charge in [0, 0.05) is 37.8 Å². The van der Waals surface area contributed by atoms with Crippen molar-refractivity contribution in [3.8, 4) is 11.3 Å². The molecular weight excluding hydrogens is 578 g/mol. The summed E-state index contributed by atoms with van der Waals surface area (Å²) in [7, 11) is 0. The third-order valence-electron chi connectivity index (χ3n) is 8.58. The average molecular weight is 626 g/mol. The predicted molar refractivity (Wildman–Crippen MR) is 179 cm³/mol. The van der Waals surface area contributed by atoms with E-state index in [9.17, 15) is 14.4 Å². The first kappa shape index (κ1) is 33.0. The Morgan fingerprint density at radius 3 is 2.41 bits per heavy atom. The summed E-state index contributed by atoms with van der Waals surface area (Å²) in [6.07, 6.45) is 8.36. The molecule has 1 aliphatic carbocycles. The van der Waals surface area contributed by atoms with Gasteiger partial charge in [-0.1, -0.05) is 74.0 Å². The zero-order chi connectivity index (χ0) is 32.7. The van der Waals surface area contributed by atoms with Crippen molar-refractivity contribution in [3.05, 3.63) is 89.9 Å². The van der Waals surface area contributed by atoms with Crippen LogP contribution in [0.15, 0.2) is 78.6 Å². The molecule has 0 bridgehead atoms. The predicted octanol–water partition coefficient (Wildman–Crippen LogP) is 6.42. The van der Waals surface area contributed by atoms with E-state index in [1.54, 1.807) is 17.3 Å². The zero-order valence-electron chi connectivity index (χ0n) is 27.6. The molecule has 2 aromatic carbocycles. The number of benzene rings is 2. The van der Waals surface area contributed by atoms with Gasteiger partial charge >= 0.3 is 6.09 Å². The van der Waals surface area contributed by atoms with Crippen LogP contribution in [-0.2, 0) is 16.0 Å². The van der Waals surface area contributed by atoms with Crippen LogP contribution >= 0.6 is 0 Å². The standard InChI is InChI=1S/C37H47N5O4/c1-5-20-38-32(43)24-29-18-12-13-19-31(29)42-26-39-33(34(42)28-16-10-7-11-17-28)35(44)41-22-21-40(36(45)46-37(2,3)4)25-30(41)23-27-14-8-6-9-15-27/h6-11,14-17,24,26,30-31H,5,12-13,18-23,25H2,1-4H3,(H,38,43)/t30-,31+/m1/s1. The van der Waals surface area contributed by atoms with E-state index in [2.05, 4.69) is 9.88 Å². The molecule has 1 aromatic heterocycles. The van der Waals surface area contributed by atoms with Gasteiger partial charge in [0.25, 0.3) is 5.91 Å². The fourth-order valence-electron chi connectivity index (χ4n) is 6.42. The molecule has 2 heterocycles. The molecule has 1 N–H and O–H groups in total. The number of carbonyl (C=O) groups is 3. The summed E-state index contributed by atoms with van der Waals surface area (Å²) in [5, 5.41) is 2.98. The van der Waals surface area contributed by atoms with Crippen molar-refractivity contribution in [1.82, 2.24) is 24.7 Å². The number of nitrogens with one attached hydrogen (secondary N) is 1. The van der Waals surface area contributed by atoms with Gasteiger partial charge in [0.1, 0.15) is 5.60 Å². The quantitative estimate of drug-likeness (QED) is 0.292. The number of amides is 3. The van der Waals surface area contributed by atoms with Crippen molar-refractivity contribution >= 4 is 17.9 Å². The minimum Gasteiger partial charge on any atom is -0.444 e. The Morgan fingerprint density at radius 2 is 1.72 bits per heavy atom. The van der Waals surface area contributed by atoms with Crippen LogP contribution < -0.4 is 5.32 Å². The molecule has 3 aromatic rings. The highest BCUT2D eigenvalue weighted by Gasteiger charge is 2.37. The Kier molecular flexibility index (Phi) is 10.6. The van der Waals surface area contributed by atoms with Crippen LogP contribution in [0.25, 0.3) is 11.3 Å². The summed E-state index contributed by atoms with van der Waals surface area (Å²) in [5.74, 6) is -0.238. The first-order chi connectivity index (χ1) is 22.1. The highest BCUT2D eigenvalue weighted by Crippen LogP contribution is 2.38. The normalized spacial score (nSPS) is 19.6. The summed E-state index contributed by atoms with van der Waals surface area (Å²) >= 11 is 0. The van der Waals surface area contributed by atoms with Crippen molar-refractivity contribution in [2.45, 2.75) is 83.9 Å². The molecule has 2 fully saturated rings. The Labute approximate surface area is 272 Å². The number of piperazine rings is 1. The second-order valence-electron chi connectivity index (χ2n) is 13.3. The SMILES string of the molecule is CCCNC(=O)C=C1CCCC[C@@H]1n1cnc(C(=O)N2CCN(C(=O)OC(C)(C)C)C[C@H]2Cc2ccccc2)c1-c1ccccc1. The molecule has 1 saturated heterocycles. The average Bonchev–Trinajstić information content (AvgIpc) is 3.49. The Bertz CT molecular complexity index is 1530. The number of imidazole rings is 1. The summed E-state index contributed by atoms with van der Waals surface area (Å²) in [6, 6.07) is 19.6. The Morgan fingerprint density at radius 1 is 1.00 bits per heavy atom. The fourth-order valence-corrected chi connectivity index (χ4v) is 6.42. The summed E-state index contributed by atoms with van der Waals surface area (Å²) in [5.41, 5.74) is 3.57. The van der Waals surface area contributed by atoms with Gasteiger partial charge < -0.3 is 24.4 Å². The molecule has 46 heavy (non-hydrogen) atoms. The van der Waals surface area contributed by atoms with Crippen LogP contribution in [0.2, 0.25) is 0 Å². The molecule has 5 rings (SSSR count). The van der Waals surface area contributed by atoms with E-state index in [0.29, 0.717) is 38.3 Å². The number of rotatable bonds is 8. The summed E-state index contributed by atoms with van der Waals surface area (Å²) < 4.78 is 7.80. The van der Waals surface area contributed by atoms with Crippen LogP contribution in [-0.4, -0.2) is 75.1 Å². The van der Waals surface area contributed by atoms with E-state index in [1.165, 1.54) is 0 Å². The van der Waals surface area contributed by atoms with Gasteiger partial charge in [-0.15, -0.1) is 0 Å². The van der Waals surface area contributed by atoms with E-state index in [4.69, 9.17) is 9.72 Å². The minimum atomic E-state index is -0.612. The van der Waals surface area contributed by atoms with Crippen molar-refractivity contribution in [2.75, 3.05) is 26.2 Å². The van der Waals surface area contributed by atoms with Gasteiger partial charge in [0.15, 0.2) is 5.69 Å². The largest absolute Gasteiger partial charge is 0.444 e.